The first-order chi connectivity index (χ1) is 8.85. The number of ether oxygens (including phenoxy) is 1. The third-order valence-corrected chi connectivity index (χ3v) is 5.16. The van der Waals surface area contributed by atoms with Crippen molar-refractivity contribution in [3.8, 4) is 0 Å². The van der Waals surface area contributed by atoms with Crippen molar-refractivity contribution in [2.75, 3.05) is 19.7 Å². The van der Waals surface area contributed by atoms with Crippen LogP contribution in [0.4, 0.5) is 0 Å². The topological polar surface area (TPSA) is 24.5 Å². The zero-order valence-electron chi connectivity index (χ0n) is 13.6. The Hall–Kier alpha value is -0.120. The Bertz CT molecular complexity index is 293. The highest BCUT2D eigenvalue weighted by Gasteiger charge is 2.58. The molecule has 0 aromatic rings. The molecule has 2 fully saturated rings. The minimum Gasteiger partial charge on any atom is -0.377 e. The standard InChI is InChI=1S/C16H32N2O/c1-11(2)18(12(3)4)9-8-17-14-13-7-10-19-15(13)16(14,5)6/h11-15,17H,7-10H2,1-6H3. The number of nitrogens with zero attached hydrogens (tertiary/aromatic N) is 1. The number of rotatable bonds is 6. The molecule has 3 heteroatoms. The molecule has 2 aliphatic rings. The van der Waals surface area contributed by atoms with E-state index in [9.17, 15) is 0 Å². The third-order valence-electron chi connectivity index (χ3n) is 5.16. The second-order valence-electron chi connectivity index (χ2n) is 7.42. The van der Waals surface area contributed by atoms with Gasteiger partial charge in [-0.2, -0.15) is 0 Å². The van der Waals surface area contributed by atoms with Gasteiger partial charge in [0.2, 0.25) is 0 Å². The highest BCUT2D eigenvalue weighted by Crippen LogP contribution is 2.51. The van der Waals surface area contributed by atoms with Crippen LogP contribution in [0.3, 0.4) is 0 Å². The smallest absolute Gasteiger partial charge is 0.0685 e. The largest absolute Gasteiger partial charge is 0.377 e. The second-order valence-corrected chi connectivity index (χ2v) is 7.42. The summed E-state index contributed by atoms with van der Waals surface area (Å²) < 4.78 is 5.85. The zero-order chi connectivity index (χ0) is 14.2. The summed E-state index contributed by atoms with van der Waals surface area (Å²) in [5.74, 6) is 0.751. The molecule has 19 heavy (non-hydrogen) atoms. The fourth-order valence-corrected chi connectivity index (χ4v) is 4.20. The first-order valence-electron chi connectivity index (χ1n) is 7.96. The molecule has 0 amide bonds. The summed E-state index contributed by atoms with van der Waals surface area (Å²) in [5.41, 5.74) is 0.307. The minimum atomic E-state index is 0.307. The molecule has 0 bridgehead atoms. The van der Waals surface area contributed by atoms with Crippen molar-refractivity contribution in [1.29, 1.82) is 0 Å². The van der Waals surface area contributed by atoms with Gasteiger partial charge in [0.05, 0.1) is 6.10 Å². The van der Waals surface area contributed by atoms with Crippen LogP contribution in [0.2, 0.25) is 0 Å². The van der Waals surface area contributed by atoms with E-state index >= 15 is 0 Å². The van der Waals surface area contributed by atoms with Crippen molar-refractivity contribution < 1.29 is 4.74 Å². The second kappa shape index (κ2) is 5.71. The lowest BCUT2D eigenvalue weighted by atomic mass is 9.57. The molecule has 1 heterocycles. The summed E-state index contributed by atoms with van der Waals surface area (Å²) in [6.45, 7) is 17.0. The van der Waals surface area contributed by atoms with E-state index in [0.717, 1.165) is 25.6 Å². The average Bonchev–Trinajstić information content (AvgIpc) is 2.74. The average molecular weight is 268 g/mol. The van der Waals surface area contributed by atoms with E-state index in [1.165, 1.54) is 6.42 Å². The Morgan fingerprint density at radius 2 is 1.84 bits per heavy atom. The van der Waals surface area contributed by atoms with Crippen molar-refractivity contribution in [3.63, 3.8) is 0 Å². The molecule has 0 aromatic carbocycles. The van der Waals surface area contributed by atoms with Crippen molar-refractivity contribution in [2.24, 2.45) is 11.3 Å². The van der Waals surface area contributed by atoms with E-state index in [4.69, 9.17) is 4.74 Å². The molecule has 3 atom stereocenters. The molecule has 0 aromatic heterocycles. The molecule has 0 spiro atoms. The van der Waals surface area contributed by atoms with Gasteiger partial charge in [0.25, 0.3) is 0 Å². The van der Waals surface area contributed by atoms with Gasteiger partial charge in [-0.15, -0.1) is 0 Å². The molecule has 1 aliphatic heterocycles. The summed E-state index contributed by atoms with van der Waals surface area (Å²) >= 11 is 0. The van der Waals surface area contributed by atoms with Crippen molar-refractivity contribution in [3.05, 3.63) is 0 Å². The van der Waals surface area contributed by atoms with E-state index in [1.54, 1.807) is 0 Å². The van der Waals surface area contributed by atoms with Gasteiger partial charge >= 0.3 is 0 Å². The molecule has 3 nitrogen and oxygen atoms in total. The molecule has 0 radical (unpaired) electrons. The van der Waals surface area contributed by atoms with Gasteiger partial charge in [-0.05, 0) is 34.1 Å². The lowest BCUT2D eigenvalue weighted by Gasteiger charge is -2.55. The van der Waals surface area contributed by atoms with Crippen molar-refractivity contribution in [1.82, 2.24) is 10.2 Å². The van der Waals surface area contributed by atoms with Crippen LogP contribution in [0.1, 0.15) is 48.0 Å². The first-order valence-corrected chi connectivity index (χ1v) is 7.96. The van der Waals surface area contributed by atoms with Crippen molar-refractivity contribution in [2.45, 2.75) is 72.2 Å². The summed E-state index contributed by atoms with van der Waals surface area (Å²) in [6.07, 6.45) is 1.74. The third kappa shape index (κ3) is 2.84. The normalized spacial score (nSPS) is 33.0. The van der Waals surface area contributed by atoms with E-state index in [1.807, 2.05) is 0 Å². The maximum absolute atomic E-state index is 5.85. The molecule has 1 saturated carbocycles. The lowest BCUT2D eigenvalue weighted by molar-refractivity contribution is -0.112. The Morgan fingerprint density at radius 3 is 2.42 bits per heavy atom. The predicted molar refractivity (Wildman–Crippen MR) is 80.4 cm³/mol. The van der Waals surface area contributed by atoms with E-state index in [2.05, 4.69) is 51.8 Å². The lowest BCUT2D eigenvalue weighted by Crippen LogP contribution is -2.66. The Morgan fingerprint density at radius 1 is 1.21 bits per heavy atom. The maximum Gasteiger partial charge on any atom is 0.0685 e. The number of nitrogens with one attached hydrogen (secondary N) is 1. The first kappa shape index (κ1) is 15.3. The van der Waals surface area contributed by atoms with Crippen LogP contribution < -0.4 is 5.32 Å². The quantitative estimate of drug-likeness (QED) is 0.801. The molecule has 3 unspecified atom stereocenters. The SMILES string of the molecule is CC(C)N(CCNC1C2CCOC2C1(C)C)C(C)C. The maximum atomic E-state index is 5.85. The summed E-state index contributed by atoms with van der Waals surface area (Å²) in [4.78, 5) is 2.56. The molecule has 1 N–H and O–H groups in total. The fraction of sp³-hybridized carbons (Fsp3) is 1.00. The molecule has 112 valence electrons. The van der Waals surface area contributed by atoms with Gasteiger partial charge in [-0.1, -0.05) is 13.8 Å². The van der Waals surface area contributed by atoms with E-state index in [-0.39, 0.29) is 0 Å². The van der Waals surface area contributed by atoms with Gasteiger partial charge in [0.15, 0.2) is 0 Å². The Labute approximate surface area is 119 Å². The predicted octanol–water partition coefficient (Wildman–Crippen LogP) is 2.51. The van der Waals surface area contributed by atoms with Crippen LogP contribution in [0, 0.1) is 11.3 Å². The van der Waals surface area contributed by atoms with Gasteiger partial charge in [0, 0.05) is 49.2 Å². The monoisotopic (exact) mass is 268 g/mol. The van der Waals surface area contributed by atoms with Crippen LogP contribution in [-0.4, -0.2) is 48.8 Å². The molecular formula is C16H32N2O. The highest BCUT2D eigenvalue weighted by molar-refractivity contribution is 5.11. The highest BCUT2D eigenvalue weighted by atomic mass is 16.5. The zero-order valence-corrected chi connectivity index (χ0v) is 13.6. The van der Waals surface area contributed by atoms with E-state index in [0.29, 0.717) is 29.6 Å². The minimum absolute atomic E-state index is 0.307. The summed E-state index contributed by atoms with van der Waals surface area (Å²) in [5, 5.41) is 3.80. The Balaban J connectivity index is 1.80. The van der Waals surface area contributed by atoms with E-state index < -0.39 is 0 Å². The van der Waals surface area contributed by atoms with Crippen LogP contribution in [0.25, 0.3) is 0 Å². The Kier molecular flexibility index (Phi) is 4.59. The van der Waals surface area contributed by atoms with Gasteiger partial charge in [0.1, 0.15) is 0 Å². The molecule has 1 saturated heterocycles. The van der Waals surface area contributed by atoms with Crippen LogP contribution in [-0.2, 0) is 4.74 Å². The van der Waals surface area contributed by atoms with Crippen LogP contribution >= 0.6 is 0 Å². The summed E-state index contributed by atoms with van der Waals surface area (Å²) in [7, 11) is 0. The molecular weight excluding hydrogens is 236 g/mol. The fourth-order valence-electron chi connectivity index (χ4n) is 4.20. The van der Waals surface area contributed by atoms with Gasteiger partial charge in [-0.3, -0.25) is 4.90 Å². The number of hydrogen-bond acceptors (Lipinski definition) is 3. The van der Waals surface area contributed by atoms with Gasteiger partial charge < -0.3 is 10.1 Å². The number of fused-ring (bicyclic) bond motifs is 1. The number of hydrogen-bond donors (Lipinski definition) is 1. The van der Waals surface area contributed by atoms with Crippen LogP contribution in [0.5, 0.6) is 0 Å². The summed E-state index contributed by atoms with van der Waals surface area (Å²) in [6, 6.07) is 1.89. The molecule has 1 aliphatic carbocycles. The molecule has 2 rings (SSSR count). The van der Waals surface area contributed by atoms with Crippen LogP contribution in [0.15, 0.2) is 0 Å². The van der Waals surface area contributed by atoms with Gasteiger partial charge in [-0.25, -0.2) is 0 Å². The van der Waals surface area contributed by atoms with Crippen molar-refractivity contribution >= 4 is 0 Å².